The van der Waals surface area contributed by atoms with Crippen molar-refractivity contribution in [3.8, 4) is 11.3 Å². The average molecular weight is 674 g/mol. The summed E-state index contributed by atoms with van der Waals surface area (Å²) in [5.41, 5.74) is 3.31. The maximum atomic E-state index is 13.4. The minimum atomic E-state index is -0.512. The van der Waals surface area contributed by atoms with Crippen LogP contribution in [0.25, 0.3) is 17.3 Å². The second kappa shape index (κ2) is 15.0. The minimum absolute atomic E-state index is 0.0541. The van der Waals surface area contributed by atoms with E-state index >= 15 is 0 Å². The monoisotopic (exact) mass is 672 g/mol. The van der Waals surface area contributed by atoms with E-state index in [2.05, 4.69) is 20.9 Å². The van der Waals surface area contributed by atoms with Crippen molar-refractivity contribution in [2.24, 2.45) is 0 Å². The van der Waals surface area contributed by atoms with Crippen LogP contribution in [0, 0.1) is 0 Å². The van der Waals surface area contributed by atoms with Crippen molar-refractivity contribution in [3.63, 3.8) is 0 Å². The lowest BCUT2D eigenvalue weighted by atomic mass is 10.1. The zero-order valence-electron chi connectivity index (χ0n) is 23.8. The van der Waals surface area contributed by atoms with Crippen LogP contribution in [0.1, 0.15) is 22.8 Å². The predicted octanol–water partition coefficient (Wildman–Crippen LogP) is 8.65. The highest BCUT2D eigenvalue weighted by Crippen LogP contribution is 2.29. The molecule has 0 bridgehead atoms. The fourth-order valence-electron chi connectivity index (χ4n) is 4.06. The first kappa shape index (κ1) is 32.0. The summed E-state index contributed by atoms with van der Waals surface area (Å²) in [5, 5.41) is 11.6. The van der Waals surface area contributed by atoms with Crippen LogP contribution in [0.3, 0.4) is 0 Å². The number of carbonyl (C=O) groups excluding carboxylic acids is 3. The van der Waals surface area contributed by atoms with Crippen LogP contribution >= 0.6 is 46.3 Å². The molecule has 0 saturated heterocycles. The van der Waals surface area contributed by atoms with Gasteiger partial charge in [0.2, 0.25) is 5.91 Å². The number of hydrogen-bond acceptors (Lipinski definition) is 6. The third-order valence-electron chi connectivity index (χ3n) is 6.36. The number of halogens is 2. The summed E-state index contributed by atoms with van der Waals surface area (Å²) in [4.78, 5) is 44.6. The first-order valence-corrected chi connectivity index (χ1v) is 16.2. The Morgan fingerprint density at radius 1 is 0.844 bits per heavy atom. The summed E-state index contributed by atoms with van der Waals surface area (Å²) >= 11 is 14.7. The Kier molecular flexibility index (Phi) is 10.7. The Labute approximate surface area is 278 Å². The summed E-state index contributed by atoms with van der Waals surface area (Å²) in [6.45, 7) is 1.80. The van der Waals surface area contributed by atoms with Crippen LogP contribution in [-0.4, -0.2) is 28.0 Å². The largest absolute Gasteiger partial charge is 0.321 e. The average Bonchev–Trinajstić information content (AvgIpc) is 3.51. The Morgan fingerprint density at radius 3 is 2.24 bits per heavy atom. The number of nitrogens with one attached hydrogen (secondary N) is 3. The molecule has 1 atom stereocenters. The third kappa shape index (κ3) is 9.06. The van der Waals surface area contributed by atoms with Gasteiger partial charge in [-0.25, -0.2) is 4.98 Å². The zero-order valence-corrected chi connectivity index (χ0v) is 26.9. The summed E-state index contributed by atoms with van der Waals surface area (Å²) < 4.78 is 0. The summed E-state index contributed by atoms with van der Waals surface area (Å²) in [6, 6.07) is 30.0. The zero-order chi connectivity index (χ0) is 31.8. The predicted molar refractivity (Wildman–Crippen MR) is 185 cm³/mol. The lowest BCUT2D eigenvalue weighted by molar-refractivity contribution is -0.115. The molecule has 5 rings (SSSR count). The highest BCUT2D eigenvalue weighted by Gasteiger charge is 2.18. The first-order valence-electron chi connectivity index (χ1n) is 13.7. The Bertz CT molecular complexity index is 1840. The molecule has 226 valence electrons. The standard InChI is InChI=1S/C34H26Cl2N4O3S2/c1-21(31(41)40-34-39-30(20-44-34)23-12-16-26(36)17-13-23)45-28-9-5-8-27(19-28)37-33(43)29(18-22-10-14-25(35)15-11-22)38-32(42)24-6-3-2-4-7-24/h2-21H,1H3,(H,37,43)(H,38,42)(H,39,40,41)/b29-18-. The quantitative estimate of drug-likeness (QED) is 0.102. The topological polar surface area (TPSA) is 100 Å². The number of benzene rings is 4. The second-order valence-corrected chi connectivity index (χ2v) is 12.9. The van der Waals surface area contributed by atoms with Gasteiger partial charge in [0.05, 0.1) is 10.9 Å². The van der Waals surface area contributed by atoms with Gasteiger partial charge in [0, 0.05) is 37.1 Å². The molecular formula is C34H26Cl2N4O3S2. The molecule has 11 heteroatoms. The number of hydrogen-bond donors (Lipinski definition) is 3. The van der Waals surface area contributed by atoms with Gasteiger partial charge in [-0.3, -0.25) is 14.4 Å². The van der Waals surface area contributed by atoms with Crippen LogP contribution < -0.4 is 16.0 Å². The smallest absolute Gasteiger partial charge is 0.272 e. The molecule has 5 aromatic rings. The molecule has 0 fully saturated rings. The molecule has 4 aromatic carbocycles. The molecule has 0 spiro atoms. The van der Waals surface area contributed by atoms with Gasteiger partial charge in [-0.1, -0.05) is 71.7 Å². The maximum absolute atomic E-state index is 13.4. The number of thiazole rings is 1. The van der Waals surface area contributed by atoms with Gasteiger partial charge in [0.15, 0.2) is 5.13 Å². The molecule has 0 aliphatic heterocycles. The number of aromatic nitrogens is 1. The summed E-state index contributed by atoms with van der Waals surface area (Å²) in [7, 11) is 0. The van der Waals surface area contributed by atoms with Crippen LogP contribution in [0.4, 0.5) is 10.8 Å². The van der Waals surface area contributed by atoms with E-state index in [-0.39, 0.29) is 11.6 Å². The fourth-order valence-corrected chi connectivity index (χ4v) is 5.96. The van der Waals surface area contributed by atoms with Gasteiger partial charge < -0.3 is 16.0 Å². The molecule has 1 unspecified atom stereocenters. The second-order valence-electron chi connectivity index (χ2n) is 9.71. The van der Waals surface area contributed by atoms with Crippen molar-refractivity contribution in [2.75, 3.05) is 10.6 Å². The van der Waals surface area contributed by atoms with Crippen molar-refractivity contribution in [1.82, 2.24) is 10.3 Å². The molecule has 0 aliphatic rings. The number of amides is 3. The van der Waals surface area contributed by atoms with Crippen molar-refractivity contribution in [2.45, 2.75) is 17.1 Å². The highest BCUT2D eigenvalue weighted by atomic mass is 35.5. The molecule has 1 heterocycles. The van der Waals surface area contributed by atoms with E-state index in [1.54, 1.807) is 97.9 Å². The van der Waals surface area contributed by atoms with E-state index in [0.717, 1.165) is 16.2 Å². The summed E-state index contributed by atoms with van der Waals surface area (Å²) in [6.07, 6.45) is 1.58. The van der Waals surface area contributed by atoms with Gasteiger partial charge in [0.1, 0.15) is 5.70 Å². The van der Waals surface area contributed by atoms with E-state index in [1.165, 1.54) is 23.1 Å². The number of carbonyl (C=O) groups is 3. The summed E-state index contributed by atoms with van der Waals surface area (Å²) in [5.74, 6) is -1.14. The van der Waals surface area contributed by atoms with Crippen LogP contribution in [0.2, 0.25) is 10.0 Å². The SMILES string of the molecule is CC(Sc1cccc(NC(=O)/C(=C/c2ccc(Cl)cc2)NC(=O)c2ccccc2)c1)C(=O)Nc1nc(-c2ccc(Cl)cc2)cs1. The number of anilines is 2. The van der Waals surface area contributed by atoms with Crippen molar-refractivity contribution >= 4 is 80.9 Å². The van der Waals surface area contributed by atoms with Gasteiger partial charge >= 0.3 is 0 Å². The number of rotatable bonds is 10. The van der Waals surface area contributed by atoms with Crippen LogP contribution in [0.5, 0.6) is 0 Å². The molecule has 0 aliphatic carbocycles. The van der Waals surface area contributed by atoms with Gasteiger partial charge in [-0.05, 0) is 73.2 Å². The molecule has 3 amide bonds. The van der Waals surface area contributed by atoms with E-state index in [4.69, 9.17) is 23.2 Å². The van der Waals surface area contributed by atoms with Crippen molar-refractivity contribution < 1.29 is 14.4 Å². The van der Waals surface area contributed by atoms with Gasteiger partial charge in [0.25, 0.3) is 11.8 Å². The molecule has 0 saturated carbocycles. The lowest BCUT2D eigenvalue weighted by Crippen LogP contribution is -2.30. The van der Waals surface area contributed by atoms with E-state index in [9.17, 15) is 14.4 Å². The van der Waals surface area contributed by atoms with Crippen molar-refractivity contribution in [1.29, 1.82) is 0 Å². The molecule has 1 aromatic heterocycles. The van der Waals surface area contributed by atoms with Crippen LogP contribution in [0.15, 0.2) is 119 Å². The van der Waals surface area contributed by atoms with Gasteiger partial charge in [-0.2, -0.15) is 0 Å². The number of thioether (sulfide) groups is 1. The van der Waals surface area contributed by atoms with E-state index in [0.29, 0.717) is 32.0 Å². The maximum Gasteiger partial charge on any atom is 0.272 e. The Morgan fingerprint density at radius 2 is 1.53 bits per heavy atom. The minimum Gasteiger partial charge on any atom is -0.321 e. The van der Waals surface area contributed by atoms with Crippen molar-refractivity contribution in [3.05, 3.63) is 135 Å². The Hall–Kier alpha value is -4.41. The molecular weight excluding hydrogens is 647 g/mol. The van der Waals surface area contributed by atoms with E-state index < -0.39 is 17.1 Å². The Balaban J connectivity index is 1.25. The highest BCUT2D eigenvalue weighted by molar-refractivity contribution is 8.00. The molecule has 3 N–H and O–H groups in total. The third-order valence-corrected chi connectivity index (χ3v) is 8.71. The first-order chi connectivity index (χ1) is 21.7. The lowest BCUT2D eigenvalue weighted by Gasteiger charge is -2.13. The number of nitrogens with zero attached hydrogens (tertiary/aromatic N) is 1. The normalized spacial score (nSPS) is 11.8. The molecule has 7 nitrogen and oxygen atoms in total. The van der Waals surface area contributed by atoms with E-state index in [1.807, 2.05) is 23.6 Å². The van der Waals surface area contributed by atoms with Crippen LogP contribution in [-0.2, 0) is 9.59 Å². The molecule has 45 heavy (non-hydrogen) atoms. The van der Waals surface area contributed by atoms with Gasteiger partial charge in [-0.15, -0.1) is 23.1 Å². The molecule has 0 radical (unpaired) electrons. The fraction of sp³-hybridized carbons (Fsp3) is 0.0588.